The molecule has 0 saturated carbocycles. The summed E-state index contributed by atoms with van der Waals surface area (Å²) in [6.07, 6.45) is -4.10. The number of fused-ring (bicyclic) bond motifs is 1. The number of ether oxygens (including phenoxy) is 2. The lowest BCUT2D eigenvalue weighted by Gasteiger charge is -2.08. The van der Waals surface area contributed by atoms with Crippen molar-refractivity contribution in [3.05, 3.63) is 24.0 Å². The van der Waals surface area contributed by atoms with Crippen LogP contribution in [0.4, 0.5) is 13.2 Å². The number of imidazole rings is 1. The van der Waals surface area contributed by atoms with Crippen molar-refractivity contribution in [1.82, 2.24) is 14.6 Å². The predicted molar refractivity (Wildman–Crippen MR) is 65.1 cm³/mol. The Morgan fingerprint density at radius 2 is 2.14 bits per heavy atom. The van der Waals surface area contributed by atoms with E-state index in [1.54, 1.807) is 6.92 Å². The smallest absolute Gasteiger partial charge is 0.392 e. The summed E-state index contributed by atoms with van der Waals surface area (Å²) in [5.41, 5.74) is 0.439. The molecule has 0 radical (unpaired) electrons. The molecule has 0 saturated heterocycles. The monoisotopic (exact) mass is 303 g/mol. The molecule has 0 amide bonds. The van der Waals surface area contributed by atoms with Gasteiger partial charge < -0.3 is 9.47 Å². The summed E-state index contributed by atoms with van der Waals surface area (Å²) in [6, 6.07) is 2.87. The van der Waals surface area contributed by atoms with Gasteiger partial charge in [0, 0.05) is 6.07 Å². The Bertz CT molecular complexity index is 639. The molecule has 0 aromatic carbocycles. The number of carbonyl (C=O) groups excluding carboxylic acids is 1. The van der Waals surface area contributed by atoms with Crippen molar-refractivity contribution in [2.45, 2.75) is 19.5 Å². The number of aromatic nitrogens is 3. The molecule has 2 heterocycles. The van der Waals surface area contributed by atoms with Crippen LogP contribution in [0, 0.1) is 0 Å². The van der Waals surface area contributed by atoms with Crippen LogP contribution in [0.5, 0.6) is 5.88 Å². The molecule has 0 fully saturated rings. The van der Waals surface area contributed by atoms with E-state index in [1.807, 2.05) is 0 Å². The average molecular weight is 303 g/mol. The number of nitrogens with zero attached hydrogens (tertiary/aromatic N) is 3. The average Bonchev–Trinajstić information content (AvgIpc) is 2.80. The summed E-state index contributed by atoms with van der Waals surface area (Å²) in [6.45, 7) is 1.29. The van der Waals surface area contributed by atoms with Crippen LogP contribution in [0.15, 0.2) is 18.3 Å². The van der Waals surface area contributed by atoms with Crippen molar-refractivity contribution in [1.29, 1.82) is 0 Å². The Morgan fingerprint density at radius 3 is 2.81 bits per heavy atom. The van der Waals surface area contributed by atoms with Gasteiger partial charge in [-0.05, 0) is 13.0 Å². The number of halogens is 3. The third-order valence-corrected chi connectivity index (χ3v) is 2.46. The van der Waals surface area contributed by atoms with Gasteiger partial charge in [0.25, 0.3) is 0 Å². The van der Waals surface area contributed by atoms with Gasteiger partial charge in [-0.1, -0.05) is 0 Å². The number of alkyl halides is 3. The van der Waals surface area contributed by atoms with E-state index >= 15 is 0 Å². The van der Waals surface area contributed by atoms with Crippen LogP contribution >= 0.6 is 0 Å². The van der Waals surface area contributed by atoms with Crippen molar-refractivity contribution in [3.63, 3.8) is 0 Å². The molecule has 0 aliphatic carbocycles. The number of carbonyl (C=O) groups is 1. The Morgan fingerprint density at radius 1 is 1.38 bits per heavy atom. The molecule has 0 aliphatic rings. The van der Waals surface area contributed by atoms with Crippen LogP contribution in [0.1, 0.15) is 23.8 Å². The van der Waals surface area contributed by atoms with Crippen molar-refractivity contribution in [2.24, 2.45) is 0 Å². The summed E-state index contributed by atoms with van der Waals surface area (Å²) >= 11 is 0. The molecule has 2 aromatic rings. The predicted octanol–water partition coefficient (Wildman–Crippen LogP) is 2.24. The van der Waals surface area contributed by atoms with Crippen molar-refractivity contribution >= 4 is 11.6 Å². The first-order valence-corrected chi connectivity index (χ1v) is 6.12. The highest BCUT2D eigenvalue weighted by molar-refractivity contribution is 5.88. The van der Waals surface area contributed by atoms with E-state index in [9.17, 15) is 18.0 Å². The van der Waals surface area contributed by atoms with Gasteiger partial charge in [0.15, 0.2) is 11.3 Å². The lowest BCUT2D eigenvalue weighted by atomic mass is 10.4. The molecule has 21 heavy (non-hydrogen) atoms. The van der Waals surface area contributed by atoms with Crippen LogP contribution in [0.25, 0.3) is 5.65 Å². The third kappa shape index (κ3) is 3.83. The largest absolute Gasteiger partial charge is 0.476 e. The van der Waals surface area contributed by atoms with E-state index in [1.165, 1.54) is 22.8 Å². The Hall–Kier alpha value is -2.32. The van der Waals surface area contributed by atoms with Crippen LogP contribution in [-0.4, -0.2) is 40.0 Å². The Kier molecular flexibility index (Phi) is 4.29. The fourth-order valence-electron chi connectivity index (χ4n) is 1.55. The van der Waals surface area contributed by atoms with Crippen molar-refractivity contribution < 1.29 is 27.4 Å². The van der Waals surface area contributed by atoms with E-state index in [0.29, 0.717) is 5.65 Å². The topological polar surface area (TPSA) is 65.7 Å². The van der Waals surface area contributed by atoms with Gasteiger partial charge in [0.1, 0.15) is 0 Å². The first kappa shape index (κ1) is 15.1. The zero-order chi connectivity index (χ0) is 15.5. The van der Waals surface area contributed by atoms with Crippen molar-refractivity contribution in [3.8, 4) is 5.88 Å². The maximum absolute atomic E-state index is 12.0. The van der Waals surface area contributed by atoms with Crippen LogP contribution in [0.2, 0.25) is 0 Å². The van der Waals surface area contributed by atoms with Gasteiger partial charge in [-0.25, -0.2) is 14.3 Å². The van der Waals surface area contributed by atoms with Gasteiger partial charge in [-0.3, -0.25) is 0 Å². The first-order valence-electron chi connectivity index (χ1n) is 6.12. The quantitative estimate of drug-likeness (QED) is 0.793. The summed E-state index contributed by atoms with van der Waals surface area (Å²) in [5, 5.41) is 3.92. The molecule has 2 rings (SSSR count). The first-order chi connectivity index (χ1) is 9.90. The van der Waals surface area contributed by atoms with Crippen LogP contribution in [0.3, 0.4) is 0 Å². The Labute approximate surface area is 117 Å². The minimum atomic E-state index is -4.30. The highest BCUT2D eigenvalue weighted by Crippen LogP contribution is 2.20. The van der Waals surface area contributed by atoms with Gasteiger partial charge in [-0.2, -0.15) is 13.2 Å². The molecule has 0 unspecified atom stereocenters. The van der Waals surface area contributed by atoms with Gasteiger partial charge in [0.05, 0.1) is 25.8 Å². The number of hydrogen-bond acceptors (Lipinski definition) is 5. The SMILES string of the molecule is CCOC(=O)c1cnc2ccc(OCCC(F)(F)F)nn12. The lowest BCUT2D eigenvalue weighted by Crippen LogP contribution is -2.14. The van der Waals surface area contributed by atoms with E-state index in [4.69, 9.17) is 9.47 Å². The zero-order valence-electron chi connectivity index (χ0n) is 11.1. The van der Waals surface area contributed by atoms with Crippen molar-refractivity contribution in [2.75, 3.05) is 13.2 Å². The number of hydrogen-bond donors (Lipinski definition) is 0. The molecule has 0 spiro atoms. The second-order valence-corrected chi connectivity index (χ2v) is 4.02. The second kappa shape index (κ2) is 5.98. The molecule has 0 N–H and O–H groups in total. The highest BCUT2D eigenvalue weighted by Gasteiger charge is 2.27. The molecule has 9 heteroatoms. The van der Waals surface area contributed by atoms with E-state index in [-0.39, 0.29) is 18.2 Å². The van der Waals surface area contributed by atoms with Gasteiger partial charge in [0.2, 0.25) is 5.88 Å². The van der Waals surface area contributed by atoms with E-state index < -0.39 is 25.2 Å². The standard InChI is InChI=1S/C12H12F3N3O3/c1-2-20-11(19)8-7-16-9-3-4-10(17-18(8)9)21-6-5-12(13,14)15/h3-4,7H,2,5-6H2,1H3. The molecular formula is C12H12F3N3O3. The molecule has 6 nitrogen and oxygen atoms in total. The maximum atomic E-state index is 12.0. The van der Waals surface area contributed by atoms with E-state index in [2.05, 4.69) is 10.1 Å². The molecule has 0 aliphatic heterocycles. The van der Waals surface area contributed by atoms with E-state index in [0.717, 1.165) is 0 Å². The fourth-order valence-corrected chi connectivity index (χ4v) is 1.55. The third-order valence-electron chi connectivity index (χ3n) is 2.46. The molecular weight excluding hydrogens is 291 g/mol. The molecule has 0 atom stereocenters. The molecule has 0 bridgehead atoms. The normalized spacial score (nSPS) is 11.6. The molecule has 114 valence electrons. The zero-order valence-corrected chi connectivity index (χ0v) is 11.1. The lowest BCUT2D eigenvalue weighted by molar-refractivity contribution is -0.139. The van der Waals surface area contributed by atoms with Crippen LogP contribution < -0.4 is 4.74 Å². The highest BCUT2D eigenvalue weighted by atomic mass is 19.4. The maximum Gasteiger partial charge on any atom is 0.392 e. The Balaban J connectivity index is 2.16. The molecule has 2 aromatic heterocycles. The minimum absolute atomic E-state index is 0.0321. The van der Waals surface area contributed by atoms with Gasteiger partial charge in [-0.15, -0.1) is 5.10 Å². The second-order valence-electron chi connectivity index (χ2n) is 4.02. The summed E-state index contributed by atoms with van der Waals surface area (Å²) in [5.74, 6) is -0.653. The summed E-state index contributed by atoms with van der Waals surface area (Å²) < 4.78 is 47.0. The fraction of sp³-hybridized carbons (Fsp3) is 0.417. The summed E-state index contributed by atoms with van der Waals surface area (Å²) in [7, 11) is 0. The van der Waals surface area contributed by atoms with Gasteiger partial charge >= 0.3 is 12.1 Å². The number of esters is 1. The number of rotatable bonds is 5. The summed E-state index contributed by atoms with van der Waals surface area (Å²) in [4.78, 5) is 15.6. The minimum Gasteiger partial charge on any atom is -0.476 e. The van der Waals surface area contributed by atoms with Crippen LogP contribution in [-0.2, 0) is 4.74 Å².